The van der Waals surface area contributed by atoms with Crippen molar-refractivity contribution >= 4 is 11.4 Å². The van der Waals surface area contributed by atoms with Crippen LogP contribution in [0.3, 0.4) is 0 Å². The zero-order chi connectivity index (χ0) is 18.8. The lowest BCUT2D eigenvalue weighted by atomic mass is 10.0. The topological polar surface area (TPSA) is 29.3 Å². The lowest BCUT2D eigenvalue weighted by molar-refractivity contribution is 1.18. The molecule has 0 saturated carbocycles. The fraction of sp³-hybridized carbons (Fsp3) is 0.167. The summed E-state index contributed by atoms with van der Waals surface area (Å²) in [6.07, 6.45) is 12.9. The molecule has 0 radical (unpaired) electrons. The largest absolute Gasteiger partial charge is 0.405 e. The maximum absolute atomic E-state index is 5.47. The molecule has 2 rings (SSSR count). The molecule has 0 amide bonds. The van der Waals surface area contributed by atoms with Crippen LogP contribution in [0.1, 0.15) is 31.4 Å². The van der Waals surface area contributed by atoms with E-state index < -0.39 is 0 Å². The number of benzene rings is 2. The van der Waals surface area contributed by atoms with Crippen LogP contribution in [0.4, 0.5) is 5.69 Å². The highest BCUT2D eigenvalue weighted by atomic mass is 15.1. The predicted molar refractivity (Wildman–Crippen MR) is 115 cm³/mol. The van der Waals surface area contributed by atoms with E-state index in [0.717, 1.165) is 17.7 Å². The Labute approximate surface area is 157 Å². The summed E-state index contributed by atoms with van der Waals surface area (Å²) in [6, 6.07) is 18.9. The van der Waals surface area contributed by atoms with Crippen molar-refractivity contribution in [2.24, 2.45) is 5.73 Å². The van der Waals surface area contributed by atoms with Crippen LogP contribution in [0.5, 0.6) is 0 Å². The Bertz CT molecular complexity index is 811. The molecule has 2 aromatic carbocycles. The molecule has 0 heterocycles. The Morgan fingerprint density at radius 2 is 1.73 bits per heavy atom. The monoisotopic (exact) mass is 344 g/mol. The summed E-state index contributed by atoms with van der Waals surface area (Å²) in [5, 5.41) is 0. The molecule has 0 aromatic heterocycles. The van der Waals surface area contributed by atoms with E-state index in [2.05, 4.69) is 91.7 Å². The first kappa shape index (κ1) is 19.3. The molecular formula is C24H28N2. The number of anilines is 1. The molecule has 0 spiro atoms. The van der Waals surface area contributed by atoms with E-state index in [1.54, 1.807) is 6.20 Å². The van der Waals surface area contributed by atoms with Crippen LogP contribution in [-0.2, 0) is 0 Å². The van der Waals surface area contributed by atoms with Crippen LogP contribution in [0.25, 0.3) is 5.70 Å². The number of aryl methyl sites for hydroxylation is 1. The van der Waals surface area contributed by atoms with Crippen LogP contribution in [0.2, 0.25) is 0 Å². The average molecular weight is 345 g/mol. The molecular weight excluding hydrogens is 316 g/mol. The molecule has 2 nitrogen and oxygen atoms in total. The maximum Gasteiger partial charge on any atom is 0.0490 e. The van der Waals surface area contributed by atoms with E-state index in [0.29, 0.717) is 0 Å². The van der Waals surface area contributed by atoms with Crippen LogP contribution >= 0.6 is 0 Å². The van der Waals surface area contributed by atoms with E-state index >= 15 is 0 Å². The summed E-state index contributed by atoms with van der Waals surface area (Å²) in [4.78, 5) is 2.24. The lowest BCUT2D eigenvalue weighted by Gasteiger charge is -2.25. The summed E-state index contributed by atoms with van der Waals surface area (Å²) < 4.78 is 0. The molecule has 134 valence electrons. The van der Waals surface area contributed by atoms with Crippen LogP contribution in [-0.4, -0.2) is 0 Å². The molecule has 0 aliphatic carbocycles. The van der Waals surface area contributed by atoms with Gasteiger partial charge in [-0.05, 0) is 61.9 Å². The van der Waals surface area contributed by atoms with Crippen molar-refractivity contribution in [2.45, 2.75) is 27.2 Å². The summed E-state index contributed by atoms with van der Waals surface area (Å²) in [5.74, 6) is 0. The van der Waals surface area contributed by atoms with Gasteiger partial charge in [-0.3, -0.25) is 0 Å². The van der Waals surface area contributed by atoms with Gasteiger partial charge >= 0.3 is 0 Å². The Hall–Kier alpha value is -3.00. The first-order chi connectivity index (χ1) is 12.7. The Morgan fingerprint density at radius 3 is 2.38 bits per heavy atom. The van der Waals surface area contributed by atoms with Crippen molar-refractivity contribution in [3.05, 3.63) is 108 Å². The summed E-state index contributed by atoms with van der Waals surface area (Å²) >= 11 is 0. The molecule has 2 heteroatoms. The smallest absolute Gasteiger partial charge is 0.0490 e. The van der Waals surface area contributed by atoms with Gasteiger partial charge < -0.3 is 10.6 Å². The quantitative estimate of drug-likeness (QED) is 0.607. The van der Waals surface area contributed by atoms with Gasteiger partial charge in [-0.2, -0.15) is 0 Å². The number of nitrogens with zero attached hydrogens (tertiary/aromatic N) is 1. The third kappa shape index (κ3) is 5.25. The second-order valence-corrected chi connectivity index (χ2v) is 6.13. The highest BCUT2D eigenvalue weighted by molar-refractivity contribution is 5.82. The van der Waals surface area contributed by atoms with Gasteiger partial charge in [-0.1, -0.05) is 61.5 Å². The normalized spacial score (nSPS) is 12.9. The fourth-order valence-electron chi connectivity index (χ4n) is 2.77. The maximum atomic E-state index is 5.47. The van der Waals surface area contributed by atoms with E-state index in [-0.39, 0.29) is 0 Å². The predicted octanol–water partition coefficient (Wildman–Crippen LogP) is 6.18. The molecule has 0 atom stereocenters. The first-order valence-electron chi connectivity index (χ1n) is 9.01. The van der Waals surface area contributed by atoms with Gasteiger partial charge in [-0.15, -0.1) is 0 Å². The van der Waals surface area contributed by atoms with Crippen LogP contribution in [0, 0.1) is 6.92 Å². The average Bonchev–Trinajstić information content (AvgIpc) is 2.65. The molecule has 0 bridgehead atoms. The summed E-state index contributed by atoms with van der Waals surface area (Å²) in [5.41, 5.74) is 11.4. The minimum absolute atomic E-state index is 0.964. The van der Waals surface area contributed by atoms with Gasteiger partial charge in [0.2, 0.25) is 0 Å². The molecule has 2 N–H and O–H groups in total. The van der Waals surface area contributed by atoms with Crippen molar-refractivity contribution in [2.75, 3.05) is 4.90 Å². The van der Waals surface area contributed by atoms with Gasteiger partial charge in [0.1, 0.15) is 0 Å². The van der Waals surface area contributed by atoms with Gasteiger partial charge in [0.15, 0.2) is 0 Å². The molecule has 0 fully saturated rings. The molecule has 26 heavy (non-hydrogen) atoms. The molecule has 0 saturated heterocycles. The number of hydrogen-bond acceptors (Lipinski definition) is 2. The Balaban J connectivity index is 2.51. The van der Waals surface area contributed by atoms with Gasteiger partial charge in [0.05, 0.1) is 0 Å². The van der Waals surface area contributed by atoms with Crippen LogP contribution < -0.4 is 10.6 Å². The van der Waals surface area contributed by atoms with Crippen LogP contribution in [0.15, 0.2) is 96.9 Å². The second-order valence-electron chi connectivity index (χ2n) is 6.13. The van der Waals surface area contributed by atoms with E-state index in [9.17, 15) is 0 Å². The van der Waals surface area contributed by atoms with Gasteiger partial charge in [0, 0.05) is 23.1 Å². The summed E-state index contributed by atoms with van der Waals surface area (Å²) in [7, 11) is 0. The van der Waals surface area contributed by atoms with Crippen molar-refractivity contribution < 1.29 is 0 Å². The minimum atomic E-state index is 0.964. The Morgan fingerprint density at radius 1 is 1.04 bits per heavy atom. The molecule has 0 aliphatic heterocycles. The number of hydrogen-bond donors (Lipinski definition) is 1. The zero-order valence-electron chi connectivity index (χ0n) is 15.9. The van der Waals surface area contributed by atoms with Gasteiger partial charge in [-0.25, -0.2) is 0 Å². The SMILES string of the molecule is CC/C=C(\c1ccccc1C)N(/C=C/C=C(C)\C=C/N)c1ccccc1. The minimum Gasteiger partial charge on any atom is -0.405 e. The highest BCUT2D eigenvalue weighted by Crippen LogP contribution is 2.29. The zero-order valence-corrected chi connectivity index (χ0v) is 15.9. The van der Waals surface area contributed by atoms with Crippen molar-refractivity contribution in [3.8, 4) is 0 Å². The van der Waals surface area contributed by atoms with E-state index in [1.807, 2.05) is 19.1 Å². The van der Waals surface area contributed by atoms with Crippen molar-refractivity contribution in [1.29, 1.82) is 0 Å². The van der Waals surface area contributed by atoms with Crippen molar-refractivity contribution in [3.63, 3.8) is 0 Å². The molecule has 0 unspecified atom stereocenters. The fourth-order valence-corrected chi connectivity index (χ4v) is 2.77. The van der Waals surface area contributed by atoms with Crippen molar-refractivity contribution in [1.82, 2.24) is 0 Å². The standard InChI is InChI=1S/C24H28N2/c1-4-11-24(23-16-9-8-13-21(23)3)26(22-14-6-5-7-15-22)19-10-12-20(2)17-18-25/h5-19H,4,25H2,1-3H3/b18-17-,19-10+,20-12-,24-11+. The number of para-hydroxylation sites is 1. The lowest BCUT2D eigenvalue weighted by Crippen LogP contribution is -2.15. The summed E-state index contributed by atoms with van der Waals surface area (Å²) in [6.45, 7) is 6.35. The van der Waals surface area contributed by atoms with Gasteiger partial charge in [0.25, 0.3) is 0 Å². The van der Waals surface area contributed by atoms with E-state index in [1.165, 1.54) is 16.8 Å². The molecule has 0 aliphatic rings. The number of nitrogens with two attached hydrogens (primary N) is 1. The Kier molecular flexibility index (Phi) is 7.50. The number of allylic oxidation sites excluding steroid dienone is 5. The third-order valence-corrected chi connectivity index (χ3v) is 4.07. The first-order valence-corrected chi connectivity index (χ1v) is 9.01. The van der Waals surface area contributed by atoms with E-state index in [4.69, 9.17) is 5.73 Å². The third-order valence-electron chi connectivity index (χ3n) is 4.07. The second kappa shape index (κ2) is 10.1. The number of rotatable bonds is 7. The molecule has 2 aromatic rings. The highest BCUT2D eigenvalue weighted by Gasteiger charge is 2.12.